The summed E-state index contributed by atoms with van der Waals surface area (Å²) in [7, 11) is 0. The Hall–Kier alpha value is -1.08. The van der Waals surface area contributed by atoms with Gasteiger partial charge in [0.1, 0.15) is 5.82 Å². The minimum Gasteiger partial charge on any atom is -0.376 e. The van der Waals surface area contributed by atoms with Crippen molar-refractivity contribution in [1.82, 2.24) is 20.1 Å². The van der Waals surface area contributed by atoms with E-state index < -0.39 is 0 Å². The molecule has 7 heteroatoms. The SMILES string of the molecule is CC(Sc1nnc(C2CC2)n1C1CC1)C(=O)NCC1CCCO1. The summed E-state index contributed by atoms with van der Waals surface area (Å²) in [6.45, 7) is 3.38. The minimum absolute atomic E-state index is 0.0591. The summed E-state index contributed by atoms with van der Waals surface area (Å²) in [5.41, 5.74) is 0. The molecule has 23 heavy (non-hydrogen) atoms. The van der Waals surface area contributed by atoms with E-state index in [1.165, 1.54) is 37.4 Å². The first kappa shape index (κ1) is 15.4. The molecule has 1 amide bonds. The fourth-order valence-electron chi connectivity index (χ4n) is 3.04. The molecule has 0 aromatic carbocycles. The molecule has 2 saturated carbocycles. The number of ether oxygens (including phenoxy) is 1. The van der Waals surface area contributed by atoms with Crippen LogP contribution in [0.5, 0.6) is 0 Å². The van der Waals surface area contributed by atoms with Gasteiger partial charge in [0.05, 0.1) is 11.4 Å². The number of nitrogens with one attached hydrogen (secondary N) is 1. The molecule has 1 aromatic rings. The van der Waals surface area contributed by atoms with Crippen LogP contribution in [0.15, 0.2) is 5.16 Å². The van der Waals surface area contributed by atoms with Crippen molar-refractivity contribution in [3.8, 4) is 0 Å². The van der Waals surface area contributed by atoms with Crippen molar-refractivity contribution in [2.45, 2.75) is 73.9 Å². The van der Waals surface area contributed by atoms with Crippen LogP contribution in [0.1, 0.15) is 63.2 Å². The van der Waals surface area contributed by atoms with Gasteiger partial charge in [-0.15, -0.1) is 10.2 Å². The zero-order valence-electron chi connectivity index (χ0n) is 13.5. The molecule has 3 aliphatic rings. The topological polar surface area (TPSA) is 69.0 Å². The van der Waals surface area contributed by atoms with Gasteiger partial charge in [0.2, 0.25) is 5.91 Å². The Labute approximate surface area is 140 Å². The maximum Gasteiger partial charge on any atom is 0.233 e. The lowest BCUT2D eigenvalue weighted by Crippen LogP contribution is -2.36. The summed E-state index contributed by atoms with van der Waals surface area (Å²) in [6, 6.07) is 0.560. The van der Waals surface area contributed by atoms with Gasteiger partial charge in [-0.25, -0.2) is 0 Å². The van der Waals surface area contributed by atoms with E-state index in [1.807, 2.05) is 6.92 Å². The largest absolute Gasteiger partial charge is 0.376 e. The van der Waals surface area contributed by atoms with Gasteiger partial charge < -0.3 is 14.6 Å². The monoisotopic (exact) mass is 336 g/mol. The second-order valence-corrected chi connectivity index (χ2v) is 8.16. The van der Waals surface area contributed by atoms with Crippen molar-refractivity contribution in [1.29, 1.82) is 0 Å². The van der Waals surface area contributed by atoms with Crippen LogP contribution in [0.2, 0.25) is 0 Å². The molecule has 2 unspecified atom stereocenters. The molecule has 2 heterocycles. The van der Waals surface area contributed by atoms with Gasteiger partial charge in [-0.3, -0.25) is 4.79 Å². The highest BCUT2D eigenvalue weighted by Crippen LogP contribution is 2.46. The van der Waals surface area contributed by atoms with E-state index in [-0.39, 0.29) is 17.3 Å². The van der Waals surface area contributed by atoms with Crippen LogP contribution in [-0.2, 0) is 9.53 Å². The van der Waals surface area contributed by atoms with Gasteiger partial charge in [0.15, 0.2) is 5.16 Å². The Bertz CT molecular complexity index is 577. The lowest BCUT2D eigenvalue weighted by Gasteiger charge is -2.15. The van der Waals surface area contributed by atoms with Gasteiger partial charge >= 0.3 is 0 Å². The summed E-state index contributed by atoms with van der Waals surface area (Å²) < 4.78 is 7.85. The highest BCUT2D eigenvalue weighted by molar-refractivity contribution is 8.00. The molecule has 0 bridgehead atoms. The predicted octanol–water partition coefficient (Wildman–Crippen LogP) is 2.27. The number of hydrogen-bond donors (Lipinski definition) is 1. The van der Waals surface area contributed by atoms with Gasteiger partial charge in [0, 0.05) is 25.1 Å². The van der Waals surface area contributed by atoms with Crippen LogP contribution in [0.4, 0.5) is 0 Å². The minimum atomic E-state index is -0.162. The van der Waals surface area contributed by atoms with Gasteiger partial charge in [-0.2, -0.15) is 0 Å². The molecule has 3 fully saturated rings. The van der Waals surface area contributed by atoms with Crippen LogP contribution in [0.3, 0.4) is 0 Å². The summed E-state index contributed by atoms with van der Waals surface area (Å²) in [4.78, 5) is 12.3. The summed E-state index contributed by atoms with van der Waals surface area (Å²) in [5.74, 6) is 1.80. The second kappa shape index (κ2) is 6.43. The third-order valence-electron chi connectivity index (χ3n) is 4.72. The van der Waals surface area contributed by atoms with Crippen LogP contribution in [0, 0.1) is 0 Å². The molecular weight excluding hydrogens is 312 g/mol. The number of carbonyl (C=O) groups is 1. The molecule has 2 aliphatic carbocycles. The average Bonchev–Trinajstić information content (AvgIpc) is 3.48. The smallest absolute Gasteiger partial charge is 0.233 e. The fraction of sp³-hybridized carbons (Fsp3) is 0.812. The van der Waals surface area contributed by atoms with Crippen molar-refractivity contribution >= 4 is 17.7 Å². The zero-order valence-corrected chi connectivity index (χ0v) is 14.3. The molecule has 0 radical (unpaired) electrons. The second-order valence-electron chi connectivity index (χ2n) is 6.86. The maximum absolute atomic E-state index is 12.3. The van der Waals surface area contributed by atoms with E-state index in [9.17, 15) is 4.79 Å². The molecule has 1 saturated heterocycles. The lowest BCUT2D eigenvalue weighted by atomic mass is 10.2. The first-order chi connectivity index (χ1) is 11.2. The first-order valence-corrected chi connectivity index (χ1v) is 9.61. The van der Waals surface area contributed by atoms with Gasteiger partial charge in [0.25, 0.3) is 0 Å². The van der Waals surface area contributed by atoms with E-state index in [0.717, 1.165) is 30.4 Å². The van der Waals surface area contributed by atoms with Crippen LogP contribution >= 0.6 is 11.8 Å². The Morgan fingerprint density at radius 3 is 2.83 bits per heavy atom. The van der Waals surface area contributed by atoms with Crippen molar-refractivity contribution in [2.24, 2.45) is 0 Å². The predicted molar refractivity (Wildman–Crippen MR) is 87.6 cm³/mol. The van der Waals surface area contributed by atoms with Gasteiger partial charge in [-0.05, 0) is 45.4 Å². The van der Waals surface area contributed by atoms with Crippen molar-refractivity contribution < 1.29 is 9.53 Å². The molecule has 6 nitrogen and oxygen atoms in total. The van der Waals surface area contributed by atoms with E-state index in [0.29, 0.717) is 18.5 Å². The highest BCUT2D eigenvalue weighted by atomic mass is 32.2. The Balaban J connectivity index is 1.36. The molecule has 1 aliphatic heterocycles. The molecule has 4 rings (SSSR count). The summed E-state index contributed by atoms with van der Waals surface area (Å²) in [6.07, 6.45) is 7.21. The van der Waals surface area contributed by atoms with Crippen molar-refractivity contribution in [2.75, 3.05) is 13.2 Å². The van der Waals surface area contributed by atoms with Crippen LogP contribution in [0.25, 0.3) is 0 Å². The van der Waals surface area contributed by atoms with E-state index in [1.54, 1.807) is 0 Å². The van der Waals surface area contributed by atoms with E-state index in [2.05, 4.69) is 20.1 Å². The average molecular weight is 336 g/mol. The normalized spacial score (nSPS) is 25.5. The molecule has 2 atom stereocenters. The standard InChI is InChI=1S/C16H24N4O2S/c1-10(15(21)17-9-13-3-2-8-22-13)23-16-19-18-14(11-4-5-11)20(16)12-6-7-12/h10-13H,2-9H2,1H3,(H,17,21). The number of thioether (sulfide) groups is 1. The molecule has 1 aromatic heterocycles. The van der Waals surface area contributed by atoms with E-state index in [4.69, 9.17) is 4.74 Å². The maximum atomic E-state index is 12.3. The number of nitrogens with zero attached hydrogens (tertiary/aromatic N) is 3. The van der Waals surface area contributed by atoms with Crippen LogP contribution < -0.4 is 5.32 Å². The lowest BCUT2D eigenvalue weighted by molar-refractivity contribution is -0.120. The third kappa shape index (κ3) is 3.55. The quantitative estimate of drug-likeness (QED) is 0.774. The number of carbonyl (C=O) groups excluding carboxylic acids is 1. The molecule has 126 valence electrons. The molecular formula is C16H24N4O2S. The Morgan fingerprint density at radius 2 is 2.17 bits per heavy atom. The van der Waals surface area contributed by atoms with Crippen molar-refractivity contribution in [3.63, 3.8) is 0 Å². The third-order valence-corrected chi connectivity index (χ3v) is 5.78. The fourth-order valence-corrected chi connectivity index (χ4v) is 3.99. The number of hydrogen-bond acceptors (Lipinski definition) is 5. The van der Waals surface area contributed by atoms with Gasteiger partial charge in [-0.1, -0.05) is 11.8 Å². The molecule has 1 N–H and O–H groups in total. The number of amides is 1. The summed E-state index contributed by atoms with van der Waals surface area (Å²) in [5, 5.41) is 12.5. The Kier molecular flexibility index (Phi) is 4.32. The zero-order chi connectivity index (χ0) is 15.8. The highest BCUT2D eigenvalue weighted by Gasteiger charge is 2.37. The Morgan fingerprint density at radius 1 is 1.35 bits per heavy atom. The number of rotatable bonds is 7. The number of aromatic nitrogens is 3. The van der Waals surface area contributed by atoms with Crippen molar-refractivity contribution in [3.05, 3.63) is 5.82 Å². The summed E-state index contributed by atoms with van der Waals surface area (Å²) >= 11 is 1.53. The molecule has 0 spiro atoms. The first-order valence-electron chi connectivity index (χ1n) is 8.73. The van der Waals surface area contributed by atoms with E-state index >= 15 is 0 Å². The van der Waals surface area contributed by atoms with Crippen LogP contribution in [-0.4, -0.2) is 45.2 Å².